The van der Waals surface area contributed by atoms with E-state index in [-0.39, 0.29) is 0 Å². The first-order chi connectivity index (χ1) is 9.67. The minimum atomic E-state index is 0.581. The zero-order chi connectivity index (χ0) is 14.8. The van der Waals surface area contributed by atoms with Gasteiger partial charge in [-0.25, -0.2) is 0 Å². The Morgan fingerprint density at radius 2 is 2.05 bits per heavy atom. The highest BCUT2D eigenvalue weighted by Gasteiger charge is 2.11. The molecule has 4 heteroatoms. The average Bonchev–Trinajstić information content (AvgIpc) is 2.46. The van der Waals surface area contributed by atoms with Gasteiger partial charge < -0.3 is 15.2 Å². The van der Waals surface area contributed by atoms with Crippen LogP contribution in [-0.2, 0) is 4.74 Å². The predicted octanol–water partition coefficient (Wildman–Crippen LogP) is 2.78. The molecule has 0 aromatic heterocycles. The van der Waals surface area contributed by atoms with Crippen LogP contribution in [0.3, 0.4) is 0 Å². The Morgan fingerprint density at radius 1 is 1.25 bits per heavy atom. The number of benzene rings is 1. The van der Waals surface area contributed by atoms with Crippen molar-refractivity contribution in [3.05, 3.63) is 24.3 Å². The number of methoxy groups -OCH3 is 1. The first-order valence-electron chi connectivity index (χ1n) is 7.38. The zero-order valence-electron chi connectivity index (χ0n) is 13.0. The maximum atomic E-state index is 5.72. The lowest BCUT2D eigenvalue weighted by Crippen LogP contribution is -2.36. The van der Waals surface area contributed by atoms with Crippen LogP contribution in [0.5, 0.6) is 5.75 Å². The van der Waals surface area contributed by atoms with E-state index in [4.69, 9.17) is 15.2 Å². The molecule has 0 heterocycles. The molecule has 0 saturated heterocycles. The third kappa shape index (κ3) is 6.26. The van der Waals surface area contributed by atoms with Crippen LogP contribution in [0.2, 0.25) is 0 Å². The quantitative estimate of drug-likeness (QED) is 0.529. The maximum Gasteiger partial charge on any atom is 0.121 e. The lowest BCUT2D eigenvalue weighted by molar-refractivity contribution is 0.117. The van der Waals surface area contributed by atoms with Crippen LogP contribution in [0.15, 0.2) is 24.3 Å². The molecule has 0 aliphatic heterocycles. The van der Waals surface area contributed by atoms with Crippen molar-refractivity contribution < 1.29 is 9.47 Å². The Morgan fingerprint density at radius 3 is 2.70 bits per heavy atom. The number of nitrogens with two attached hydrogens (primary N) is 1. The molecule has 4 nitrogen and oxygen atoms in total. The number of ether oxygens (including phenoxy) is 2. The number of nitrogens with zero attached hydrogens (tertiary/aromatic N) is 1. The predicted molar refractivity (Wildman–Crippen MR) is 84.2 cm³/mol. The fourth-order valence-corrected chi connectivity index (χ4v) is 2.08. The molecule has 1 aromatic rings. The number of hydrogen-bond acceptors (Lipinski definition) is 4. The molecular weight excluding hydrogens is 252 g/mol. The monoisotopic (exact) mass is 280 g/mol. The van der Waals surface area contributed by atoms with E-state index in [9.17, 15) is 0 Å². The molecule has 1 aromatic carbocycles. The summed E-state index contributed by atoms with van der Waals surface area (Å²) in [6.45, 7) is 7.97. The normalized spacial score (nSPS) is 12.6. The van der Waals surface area contributed by atoms with Gasteiger partial charge in [0, 0.05) is 38.0 Å². The molecule has 0 saturated carbocycles. The summed E-state index contributed by atoms with van der Waals surface area (Å²) in [7, 11) is 1.75. The summed E-state index contributed by atoms with van der Waals surface area (Å²) in [4.78, 5) is 2.45. The van der Waals surface area contributed by atoms with Crippen molar-refractivity contribution in [3.63, 3.8) is 0 Å². The number of hydrogen-bond donors (Lipinski definition) is 1. The van der Waals surface area contributed by atoms with Gasteiger partial charge >= 0.3 is 0 Å². The molecule has 1 rings (SSSR count). The second-order valence-electron chi connectivity index (χ2n) is 5.06. The Bertz CT molecular complexity index is 371. The van der Waals surface area contributed by atoms with Gasteiger partial charge in [0.1, 0.15) is 5.75 Å². The van der Waals surface area contributed by atoms with Crippen LogP contribution in [0.25, 0.3) is 0 Å². The summed E-state index contributed by atoms with van der Waals surface area (Å²) >= 11 is 0. The third-order valence-corrected chi connectivity index (χ3v) is 3.51. The van der Waals surface area contributed by atoms with E-state index >= 15 is 0 Å². The second kappa shape index (κ2) is 9.61. The van der Waals surface area contributed by atoms with Crippen LogP contribution < -0.4 is 10.5 Å². The smallest absolute Gasteiger partial charge is 0.121 e. The van der Waals surface area contributed by atoms with E-state index in [0.29, 0.717) is 12.6 Å². The van der Waals surface area contributed by atoms with Gasteiger partial charge in [-0.05, 0) is 31.9 Å². The molecule has 2 N–H and O–H groups in total. The minimum absolute atomic E-state index is 0.581. The molecule has 0 aliphatic carbocycles. The molecule has 20 heavy (non-hydrogen) atoms. The van der Waals surface area contributed by atoms with E-state index in [0.717, 1.165) is 44.0 Å². The molecule has 0 radical (unpaired) electrons. The van der Waals surface area contributed by atoms with Gasteiger partial charge in [0.25, 0.3) is 0 Å². The Hall–Kier alpha value is -1.26. The van der Waals surface area contributed by atoms with Crippen molar-refractivity contribution >= 4 is 5.69 Å². The summed E-state index contributed by atoms with van der Waals surface area (Å²) < 4.78 is 10.9. The van der Waals surface area contributed by atoms with E-state index < -0.39 is 0 Å². The highest BCUT2D eigenvalue weighted by atomic mass is 16.5. The summed E-state index contributed by atoms with van der Waals surface area (Å²) in [5.74, 6) is 0.844. The van der Waals surface area contributed by atoms with Crippen LogP contribution in [-0.4, -0.2) is 44.4 Å². The Kier molecular flexibility index (Phi) is 8.07. The SMILES string of the molecule is CCC(C)N(CCCOc1cccc(N)c1)CCOC. The highest BCUT2D eigenvalue weighted by Crippen LogP contribution is 2.14. The van der Waals surface area contributed by atoms with Gasteiger partial charge in [-0.2, -0.15) is 0 Å². The van der Waals surface area contributed by atoms with Crippen molar-refractivity contribution in [1.29, 1.82) is 0 Å². The third-order valence-electron chi connectivity index (χ3n) is 3.51. The molecule has 0 bridgehead atoms. The standard InChI is InChI=1S/C16H28N2O2/c1-4-14(2)18(10-12-19-3)9-6-11-20-16-8-5-7-15(17)13-16/h5,7-8,13-14H,4,6,9-12,17H2,1-3H3. The van der Waals surface area contributed by atoms with Gasteiger partial charge in [-0.15, -0.1) is 0 Å². The van der Waals surface area contributed by atoms with Gasteiger partial charge in [-0.3, -0.25) is 4.90 Å². The van der Waals surface area contributed by atoms with Crippen molar-refractivity contribution in [3.8, 4) is 5.75 Å². The van der Waals surface area contributed by atoms with Crippen LogP contribution in [0.1, 0.15) is 26.7 Å². The van der Waals surface area contributed by atoms with Gasteiger partial charge in [-0.1, -0.05) is 13.0 Å². The van der Waals surface area contributed by atoms with E-state index in [2.05, 4.69) is 18.7 Å². The van der Waals surface area contributed by atoms with Crippen LogP contribution in [0, 0.1) is 0 Å². The largest absolute Gasteiger partial charge is 0.493 e. The molecule has 0 amide bonds. The van der Waals surface area contributed by atoms with E-state index in [1.54, 1.807) is 7.11 Å². The van der Waals surface area contributed by atoms with Gasteiger partial charge in [0.2, 0.25) is 0 Å². The lowest BCUT2D eigenvalue weighted by Gasteiger charge is -2.28. The van der Waals surface area contributed by atoms with Gasteiger partial charge in [0.15, 0.2) is 0 Å². The minimum Gasteiger partial charge on any atom is -0.493 e. The Labute approximate surface area is 122 Å². The number of anilines is 1. The summed E-state index contributed by atoms with van der Waals surface area (Å²) in [6, 6.07) is 8.15. The molecule has 114 valence electrons. The zero-order valence-corrected chi connectivity index (χ0v) is 13.0. The first-order valence-corrected chi connectivity index (χ1v) is 7.38. The van der Waals surface area contributed by atoms with Crippen molar-refractivity contribution in [2.45, 2.75) is 32.7 Å². The fraction of sp³-hybridized carbons (Fsp3) is 0.625. The van der Waals surface area contributed by atoms with Crippen molar-refractivity contribution in [1.82, 2.24) is 4.90 Å². The van der Waals surface area contributed by atoms with E-state index in [1.165, 1.54) is 0 Å². The van der Waals surface area contributed by atoms with Crippen molar-refractivity contribution in [2.24, 2.45) is 0 Å². The summed E-state index contributed by atoms with van der Waals surface area (Å²) in [6.07, 6.45) is 2.16. The maximum absolute atomic E-state index is 5.72. The molecule has 0 fully saturated rings. The Balaban J connectivity index is 2.29. The highest BCUT2D eigenvalue weighted by molar-refractivity contribution is 5.43. The fourth-order valence-electron chi connectivity index (χ4n) is 2.08. The average molecular weight is 280 g/mol. The van der Waals surface area contributed by atoms with Crippen molar-refractivity contribution in [2.75, 3.05) is 39.1 Å². The first kappa shape index (κ1) is 16.8. The topological polar surface area (TPSA) is 47.7 Å². The summed E-state index contributed by atoms with van der Waals surface area (Å²) in [5.41, 5.74) is 6.46. The molecule has 1 atom stereocenters. The molecule has 1 unspecified atom stereocenters. The number of nitrogen functional groups attached to an aromatic ring is 1. The molecule has 0 spiro atoms. The molecular formula is C16H28N2O2. The lowest BCUT2D eigenvalue weighted by atomic mass is 10.2. The van der Waals surface area contributed by atoms with Gasteiger partial charge in [0.05, 0.1) is 13.2 Å². The van der Waals surface area contributed by atoms with E-state index in [1.807, 2.05) is 24.3 Å². The van der Waals surface area contributed by atoms with Crippen LogP contribution >= 0.6 is 0 Å². The van der Waals surface area contributed by atoms with Crippen LogP contribution in [0.4, 0.5) is 5.69 Å². The second-order valence-corrected chi connectivity index (χ2v) is 5.06. The summed E-state index contributed by atoms with van der Waals surface area (Å²) in [5, 5.41) is 0. The molecule has 0 aliphatic rings. The number of rotatable bonds is 10.